The molecule has 2 atom stereocenters. The standard InChI is InChI=1S/C12H15N3O3S/c13-8(11(17)18)5-7(16)6-19-12-14-9-3-1-2-4-10(9)15-12/h1-4,7-8,16H,5-6,13H2,(H,14,15)(H,17,18). The Labute approximate surface area is 114 Å². The van der Waals surface area contributed by atoms with Gasteiger partial charge in [0.25, 0.3) is 0 Å². The van der Waals surface area contributed by atoms with E-state index in [0.29, 0.717) is 10.9 Å². The summed E-state index contributed by atoms with van der Waals surface area (Å²) in [5, 5.41) is 19.0. The summed E-state index contributed by atoms with van der Waals surface area (Å²) in [6.07, 6.45) is -0.743. The number of thioether (sulfide) groups is 1. The van der Waals surface area contributed by atoms with Crippen LogP contribution in [0, 0.1) is 0 Å². The number of aliphatic hydroxyl groups excluding tert-OH is 1. The van der Waals surface area contributed by atoms with Crippen molar-refractivity contribution in [3.63, 3.8) is 0 Å². The Morgan fingerprint density at radius 2 is 2.21 bits per heavy atom. The van der Waals surface area contributed by atoms with Crippen molar-refractivity contribution in [1.82, 2.24) is 9.97 Å². The maximum atomic E-state index is 10.6. The minimum Gasteiger partial charge on any atom is -0.480 e. The quantitative estimate of drug-likeness (QED) is 0.583. The van der Waals surface area contributed by atoms with Crippen LogP contribution in [0.15, 0.2) is 29.4 Å². The van der Waals surface area contributed by atoms with Gasteiger partial charge in [0.2, 0.25) is 0 Å². The van der Waals surface area contributed by atoms with Gasteiger partial charge in [-0.25, -0.2) is 4.98 Å². The number of para-hydroxylation sites is 2. The first-order valence-corrected chi connectivity index (χ1v) is 6.79. The number of nitrogens with two attached hydrogens (primary N) is 1. The summed E-state index contributed by atoms with van der Waals surface area (Å²) in [4.78, 5) is 18.0. The number of nitrogens with zero attached hydrogens (tertiary/aromatic N) is 1. The molecule has 5 N–H and O–H groups in total. The number of carboxylic acids is 1. The van der Waals surface area contributed by atoms with Crippen LogP contribution in [0.4, 0.5) is 0 Å². The molecule has 7 heteroatoms. The zero-order valence-corrected chi connectivity index (χ0v) is 10.9. The van der Waals surface area contributed by atoms with E-state index in [1.54, 1.807) is 0 Å². The van der Waals surface area contributed by atoms with Gasteiger partial charge in [-0.2, -0.15) is 0 Å². The number of aromatic nitrogens is 2. The molecule has 0 saturated carbocycles. The summed E-state index contributed by atoms with van der Waals surface area (Å²) < 4.78 is 0. The molecule has 102 valence electrons. The monoisotopic (exact) mass is 281 g/mol. The molecule has 2 unspecified atom stereocenters. The van der Waals surface area contributed by atoms with E-state index in [-0.39, 0.29) is 6.42 Å². The molecule has 0 saturated heterocycles. The highest BCUT2D eigenvalue weighted by Gasteiger charge is 2.17. The second-order valence-electron chi connectivity index (χ2n) is 4.20. The fraction of sp³-hybridized carbons (Fsp3) is 0.333. The lowest BCUT2D eigenvalue weighted by molar-refractivity contribution is -0.139. The largest absolute Gasteiger partial charge is 0.480 e. The van der Waals surface area contributed by atoms with Crippen LogP contribution in [0.1, 0.15) is 6.42 Å². The molecule has 1 aromatic heterocycles. The maximum absolute atomic E-state index is 10.6. The average Bonchev–Trinajstić information content (AvgIpc) is 2.78. The first kappa shape index (κ1) is 13.9. The molecule has 0 aliphatic heterocycles. The first-order valence-electron chi connectivity index (χ1n) is 5.80. The first-order chi connectivity index (χ1) is 9.06. The third kappa shape index (κ3) is 3.69. The van der Waals surface area contributed by atoms with E-state index in [4.69, 9.17) is 10.8 Å². The Hall–Kier alpha value is -1.57. The number of aliphatic carboxylic acids is 1. The van der Waals surface area contributed by atoms with E-state index in [1.165, 1.54) is 11.8 Å². The van der Waals surface area contributed by atoms with Gasteiger partial charge in [-0.05, 0) is 18.6 Å². The number of aliphatic hydroxyl groups is 1. The van der Waals surface area contributed by atoms with Gasteiger partial charge in [0.05, 0.1) is 17.1 Å². The highest BCUT2D eigenvalue weighted by Crippen LogP contribution is 2.20. The number of benzene rings is 1. The molecule has 19 heavy (non-hydrogen) atoms. The highest BCUT2D eigenvalue weighted by atomic mass is 32.2. The van der Waals surface area contributed by atoms with Crippen molar-refractivity contribution in [2.75, 3.05) is 5.75 Å². The molecule has 1 aromatic carbocycles. The number of aromatic amines is 1. The van der Waals surface area contributed by atoms with Gasteiger partial charge < -0.3 is 20.9 Å². The zero-order chi connectivity index (χ0) is 13.8. The number of rotatable bonds is 6. The number of hydrogen-bond donors (Lipinski definition) is 4. The smallest absolute Gasteiger partial charge is 0.320 e. The normalized spacial score (nSPS) is 14.4. The van der Waals surface area contributed by atoms with E-state index < -0.39 is 18.1 Å². The number of H-pyrrole nitrogens is 1. The molecule has 0 fully saturated rings. The highest BCUT2D eigenvalue weighted by molar-refractivity contribution is 7.99. The lowest BCUT2D eigenvalue weighted by Crippen LogP contribution is -2.34. The second kappa shape index (κ2) is 6.05. The predicted molar refractivity (Wildman–Crippen MR) is 73.1 cm³/mol. The third-order valence-corrected chi connectivity index (χ3v) is 3.64. The Morgan fingerprint density at radius 3 is 2.89 bits per heavy atom. The van der Waals surface area contributed by atoms with Gasteiger partial charge in [-0.1, -0.05) is 23.9 Å². The molecule has 0 radical (unpaired) electrons. The zero-order valence-electron chi connectivity index (χ0n) is 10.1. The number of imidazole rings is 1. The Kier molecular flexibility index (Phi) is 4.41. The predicted octanol–water partition coefficient (Wildman–Crippen LogP) is 0.818. The van der Waals surface area contributed by atoms with Crippen LogP contribution >= 0.6 is 11.8 Å². The molecule has 0 aliphatic carbocycles. The van der Waals surface area contributed by atoms with Crippen molar-refractivity contribution in [1.29, 1.82) is 0 Å². The van der Waals surface area contributed by atoms with E-state index in [9.17, 15) is 9.90 Å². The lowest BCUT2D eigenvalue weighted by Gasteiger charge is -2.11. The van der Waals surface area contributed by atoms with E-state index >= 15 is 0 Å². The van der Waals surface area contributed by atoms with Crippen molar-refractivity contribution >= 4 is 28.8 Å². The van der Waals surface area contributed by atoms with Crippen LogP contribution in [-0.4, -0.2) is 44.0 Å². The van der Waals surface area contributed by atoms with Gasteiger partial charge in [0.1, 0.15) is 6.04 Å². The number of hydrogen-bond acceptors (Lipinski definition) is 5. The van der Waals surface area contributed by atoms with Crippen molar-refractivity contribution in [2.45, 2.75) is 23.7 Å². The van der Waals surface area contributed by atoms with Crippen LogP contribution in [0.25, 0.3) is 11.0 Å². The molecule has 2 aromatic rings. The van der Waals surface area contributed by atoms with Gasteiger partial charge in [-0.3, -0.25) is 4.79 Å². The maximum Gasteiger partial charge on any atom is 0.320 e. The molecular weight excluding hydrogens is 266 g/mol. The summed E-state index contributed by atoms with van der Waals surface area (Å²) in [5.41, 5.74) is 7.15. The molecule has 0 bridgehead atoms. The molecule has 0 aliphatic rings. The molecular formula is C12H15N3O3S. The summed E-state index contributed by atoms with van der Waals surface area (Å²) in [6, 6.07) is 6.59. The number of nitrogens with one attached hydrogen (secondary N) is 1. The molecule has 0 spiro atoms. The Morgan fingerprint density at radius 1 is 1.47 bits per heavy atom. The van der Waals surface area contributed by atoms with E-state index in [0.717, 1.165) is 11.0 Å². The average molecular weight is 281 g/mol. The minimum atomic E-state index is -1.10. The van der Waals surface area contributed by atoms with Crippen molar-refractivity contribution in [3.05, 3.63) is 24.3 Å². The fourth-order valence-electron chi connectivity index (χ4n) is 1.63. The molecule has 1 heterocycles. The Bertz CT molecular complexity index is 539. The van der Waals surface area contributed by atoms with Gasteiger partial charge in [0, 0.05) is 5.75 Å². The number of fused-ring (bicyclic) bond motifs is 1. The fourth-order valence-corrected chi connectivity index (χ4v) is 2.47. The van der Waals surface area contributed by atoms with Gasteiger partial charge >= 0.3 is 5.97 Å². The lowest BCUT2D eigenvalue weighted by atomic mass is 10.1. The topological polar surface area (TPSA) is 112 Å². The minimum absolute atomic E-state index is 0.0303. The van der Waals surface area contributed by atoms with E-state index in [1.807, 2.05) is 24.3 Å². The third-order valence-electron chi connectivity index (χ3n) is 2.62. The molecule has 6 nitrogen and oxygen atoms in total. The summed E-state index contributed by atoms with van der Waals surface area (Å²) in [6.45, 7) is 0. The Balaban J connectivity index is 1.89. The SMILES string of the molecule is NC(CC(O)CSc1nc2ccccc2[nH]1)C(=O)O. The van der Waals surface area contributed by atoms with E-state index in [2.05, 4.69) is 9.97 Å². The van der Waals surface area contributed by atoms with Gasteiger partial charge in [-0.15, -0.1) is 0 Å². The second-order valence-corrected chi connectivity index (χ2v) is 5.21. The summed E-state index contributed by atoms with van der Waals surface area (Å²) >= 11 is 1.34. The molecule has 0 amide bonds. The van der Waals surface area contributed by atoms with Crippen LogP contribution in [0.3, 0.4) is 0 Å². The summed E-state index contributed by atoms with van der Waals surface area (Å²) in [5.74, 6) is -0.756. The number of carboxylic acid groups (broad SMARTS) is 1. The van der Waals surface area contributed by atoms with Crippen molar-refractivity contribution < 1.29 is 15.0 Å². The van der Waals surface area contributed by atoms with Crippen molar-refractivity contribution in [2.24, 2.45) is 5.73 Å². The van der Waals surface area contributed by atoms with Crippen LogP contribution in [0.5, 0.6) is 0 Å². The van der Waals surface area contributed by atoms with Crippen LogP contribution < -0.4 is 5.73 Å². The number of carbonyl (C=O) groups is 1. The van der Waals surface area contributed by atoms with Crippen LogP contribution in [0.2, 0.25) is 0 Å². The molecule has 2 rings (SSSR count). The van der Waals surface area contributed by atoms with Crippen LogP contribution in [-0.2, 0) is 4.79 Å². The van der Waals surface area contributed by atoms with Crippen molar-refractivity contribution in [3.8, 4) is 0 Å². The summed E-state index contributed by atoms with van der Waals surface area (Å²) in [7, 11) is 0. The van der Waals surface area contributed by atoms with Gasteiger partial charge in [0.15, 0.2) is 5.16 Å².